The molecule has 2 unspecified atom stereocenters. The van der Waals surface area contributed by atoms with Crippen LogP contribution >= 0.6 is 0 Å². The fraction of sp³-hybridized carbons (Fsp3) is 0.685. The number of hydrogen-bond acceptors (Lipinski definition) is 7. The largest absolute Gasteiger partial charge is 0.544 e. The maximum absolute atomic E-state index is 12.8. The molecule has 8 heteroatoms. The van der Waals surface area contributed by atoms with Gasteiger partial charge < -0.3 is 28.6 Å². The number of rotatable bonds is 43. The molecular weight excluding hydrogens is 775 g/mol. The van der Waals surface area contributed by atoms with Gasteiger partial charge in [-0.3, -0.25) is 9.59 Å². The number of carbonyl (C=O) groups excluding carboxylic acids is 3. The van der Waals surface area contributed by atoms with Crippen LogP contribution in [0.5, 0.6) is 0 Å². The van der Waals surface area contributed by atoms with E-state index in [9.17, 15) is 19.5 Å². The van der Waals surface area contributed by atoms with Crippen LogP contribution in [0.15, 0.2) is 85.1 Å². The zero-order chi connectivity index (χ0) is 45.6. The summed E-state index contributed by atoms with van der Waals surface area (Å²) in [7, 11) is 5.40. The summed E-state index contributed by atoms with van der Waals surface area (Å²) < 4.78 is 17.2. The van der Waals surface area contributed by atoms with E-state index in [0.29, 0.717) is 12.8 Å². The molecule has 0 amide bonds. The normalized spacial score (nSPS) is 13.6. The Morgan fingerprint density at radius 2 is 0.935 bits per heavy atom. The highest BCUT2D eigenvalue weighted by Gasteiger charge is 2.25. The van der Waals surface area contributed by atoms with E-state index in [1.165, 1.54) is 70.6 Å². The van der Waals surface area contributed by atoms with Gasteiger partial charge >= 0.3 is 11.9 Å². The first kappa shape index (κ1) is 58.5. The quantitative estimate of drug-likeness (QED) is 0.0198. The van der Waals surface area contributed by atoms with Gasteiger partial charge in [-0.25, -0.2) is 0 Å². The van der Waals surface area contributed by atoms with E-state index in [0.717, 1.165) is 83.5 Å². The van der Waals surface area contributed by atoms with Crippen molar-refractivity contribution in [2.45, 2.75) is 199 Å². The molecule has 2 atom stereocenters. The molecule has 0 heterocycles. The fourth-order valence-corrected chi connectivity index (χ4v) is 6.86. The third-order valence-electron chi connectivity index (χ3n) is 10.6. The first-order valence-corrected chi connectivity index (χ1v) is 24.7. The highest BCUT2D eigenvalue weighted by molar-refractivity contribution is 5.70. The predicted octanol–water partition coefficient (Wildman–Crippen LogP) is 12.7. The second-order valence-corrected chi connectivity index (χ2v) is 17.4. The van der Waals surface area contributed by atoms with E-state index in [2.05, 4.69) is 74.6 Å². The summed E-state index contributed by atoms with van der Waals surface area (Å²) in [6.45, 7) is 4.39. The maximum atomic E-state index is 12.8. The molecule has 0 aliphatic rings. The number of esters is 2. The molecule has 0 aromatic carbocycles. The van der Waals surface area contributed by atoms with Crippen molar-refractivity contribution in [3.05, 3.63) is 85.1 Å². The number of likely N-dealkylation sites (N-methyl/N-ethyl adjacent to an activating group) is 1. The van der Waals surface area contributed by atoms with Crippen molar-refractivity contribution >= 4 is 17.9 Å². The maximum Gasteiger partial charge on any atom is 0.306 e. The van der Waals surface area contributed by atoms with Crippen LogP contribution in [0, 0.1) is 0 Å². The van der Waals surface area contributed by atoms with Crippen molar-refractivity contribution in [2.75, 3.05) is 41.0 Å². The van der Waals surface area contributed by atoms with Gasteiger partial charge in [0.15, 0.2) is 6.10 Å². The third kappa shape index (κ3) is 41.8. The van der Waals surface area contributed by atoms with Crippen LogP contribution in [-0.2, 0) is 28.6 Å². The lowest BCUT2D eigenvalue weighted by Gasteiger charge is -2.34. The lowest BCUT2D eigenvalue weighted by Crippen LogP contribution is -2.55. The minimum Gasteiger partial charge on any atom is -0.544 e. The van der Waals surface area contributed by atoms with Crippen molar-refractivity contribution < 1.29 is 38.2 Å². The van der Waals surface area contributed by atoms with Crippen molar-refractivity contribution in [2.24, 2.45) is 0 Å². The molecule has 0 spiro atoms. The fourth-order valence-electron chi connectivity index (χ4n) is 6.86. The molecule has 0 rings (SSSR count). The predicted molar refractivity (Wildman–Crippen MR) is 258 cm³/mol. The number of ether oxygens (including phenoxy) is 3. The number of allylic oxidation sites excluding steroid dienone is 14. The zero-order valence-corrected chi connectivity index (χ0v) is 40.3. The summed E-state index contributed by atoms with van der Waals surface area (Å²) in [4.78, 5) is 37.0. The Labute approximate surface area is 380 Å². The molecule has 8 nitrogen and oxygen atoms in total. The summed E-state index contributed by atoms with van der Waals surface area (Å²) in [5.74, 6) is -1.77. The van der Waals surface area contributed by atoms with Gasteiger partial charge in [0, 0.05) is 19.3 Å². The molecule has 0 saturated heterocycles. The summed E-state index contributed by atoms with van der Waals surface area (Å²) in [6, 6.07) is -0.734. The van der Waals surface area contributed by atoms with E-state index in [4.69, 9.17) is 14.2 Å². The number of unbranched alkanes of at least 4 members (excludes halogenated alkanes) is 18. The SMILES string of the molecule is CC/C=C/C=C/C=C/C=C/CCCCCCCC(=O)OCC(COCCC(C(=O)[O-])[N+](C)(C)C)OC(=O)CCCCCCCCCCCCCCC/C=C/C/C=C/C/C=C/CC. The summed E-state index contributed by atoms with van der Waals surface area (Å²) in [5.41, 5.74) is 0. The number of carboxylic acids is 1. The van der Waals surface area contributed by atoms with Crippen molar-refractivity contribution in [3.8, 4) is 0 Å². The summed E-state index contributed by atoms with van der Waals surface area (Å²) >= 11 is 0. The Morgan fingerprint density at radius 3 is 1.45 bits per heavy atom. The van der Waals surface area contributed by atoms with Crippen molar-refractivity contribution in [3.63, 3.8) is 0 Å². The third-order valence-corrected chi connectivity index (χ3v) is 10.6. The number of carboxylic acid groups (broad SMARTS) is 1. The Kier molecular flexibility index (Phi) is 41.6. The molecule has 0 fully saturated rings. The number of quaternary nitrogens is 1. The Morgan fingerprint density at radius 1 is 0.500 bits per heavy atom. The van der Waals surface area contributed by atoms with E-state index < -0.39 is 18.1 Å². The van der Waals surface area contributed by atoms with E-state index in [-0.39, 0.29) is 42.7 Å². The summed E-state index contributed by atoms with van der Waals surface area (Å²) in [6.07, 6.45) is 57.6. The van der Waals surface area contributed by atoms with Crippen LogP contribution in [0.3, 0.4) is 0 Å². The van der Waals surface area contributed by atoms with Crippen LogP contribution < -0.4 is 5.11 Å². The monoisotopic (exact) mass is 866 g/mol. The second kappa shape index (κ2) is 44.1. The van der Waals surface area contributed by atoms with E-state index in [1.807, 2.05) is 24.3 Å². The van der Waals surface area contributed by atoms with Gasteiger partial charge in [-0.15, -0.1) is 0 Å². The Bertz CT molecular complexity index is 1290. The van der Waals surface area contributed by atoms with Gasteiger partial charge in [-0.2, -0.15) is 0 Å². The average molecular weight is 866 g/mol. The standard InChI is InChI=1S/C54H91NO7/c1-6-8-10-12-14-16-18-20-22-23-24-25-26-27-28-29-31-33-35-37-39-41-43-45-53(57)62-50(48-60-47-46-51(54(58)59)55(3,4)5)49-61-52(56)44-42-40-38-36-34-32-30-21-19-17-15-13-11-9-7-2/h8-11,13-17,19-22,30,50-51H,6-7,12,18,23-29,31-49H2,1-5H3/b10-8+,11-9+,15-13+,16-14+,19-17+,22-20+,30-21+. The topological polar surface area (TPSA) is 102 Å². The Hall–Kier alpha value is -3.49. The van der Waals surface area contributed by atoms with Gasteiger partial charge in [0.2, 0.25) is 0 Å². The molecule has 0 aliphatic carbocycles. The molecule has 0 radical (unpaired) electrons. The zero-order valence-electron chi connectivity index (χ0n) is 40.3. The molecule has 0 N–H and O–H groups in total. The number of hydrogen-bond donors (Lipinski definition) is 0. The van der Waals surface area contributed by atoms with Crippen LogP contribution in [0.25, 0.3) is 0 Å². The van der Waals surface area contributed by atoms with Gasteiger partial charge in [0.1, 0.15) is 12.6 Å². The molecule has 0 bridgehead atoms. The van der Waals surface area contributed by atoms with Gasteiger partial charge in [0.05, 0.1) is 40.3 Å². The van der Waals surface area contributed by atoms with Gasteiger partial charge in [0.25, 0.3) is 0 Å². The highest BCUT2D eigenvalue weighted by atomic mass is 16.6. The number of nitrogens with zero attached hydrogens (tertiary/aromatic N) is 1. The lowest BCUT2D eigenvalue weighted by atomic mass is 10.0. The van der Waals surface area contributed by atoms with E-state index in [1.54, 1.807) is 21.1 Å². The first-order valence-electron chi connectivity index (χ1n) is 24.7. The van der Waals surface area contributed by atoms with Gasteiger partial charge in [-0.1, -0.05) is 189 Å². The molecule has 0 saturated carbocycles. The Balaban J connectivity index is 4.26. The molecule has 0 aromatic rings. The minimum atomic E-state index is -1.13. The molecule has 0 aliphatic heterocycles. The van der Waals surface area contributed by atoms with Crippen LogP contribution in [-0.4, -0.2) is 75.5 Å². The second-order valence-electron chi connectivity index (χ2n) is 17.4. The molecular formula is C54H91NO7. The average Bonchev–Trinajstić information content (AvgIpc) is 3.23. The van der Waals surface area contributed by atoms with Gasteiger partial charge in [-0.05, 0) is 64.2 Å². The number of carbonyl (C=O) groups is 3. The van der Waals surface area contributed by atoms with Crippen LogP contribution in [0.1, 0.15) is 187 Å². The van der Waals surface area contributed by atoms with Crippen LogP contribution in [0.2, 0.25) is 0 Å². The smallest absolute Gasteiger partial charge is 0.306 e. The summed E-state index contributed by atoms with van der Waals surface area (Å²) in [5, 5.41) is 11.7. The minimum absolute atomic E-state index is 0.0287. The lowest BCUT2D eigenvalue weighted by molar-refractivity contribution is -0.889. The van der Waals surface area contributed by atoms with Crippen molar-refractivity contribution in [1.82, 2.24) is 0 Å². The molecule has 0 aromatic heterocycles. The molecule has 354 valence electrons. The van der Waals surface area contributed by atoms with Crippen molar-refractivity contribution in [1.29, 1.82) is 0 Å². The van der Waals surface area contributed by atoms with E-state index >= 15 is 0 Å². The number of aliphatic carboxylic acids is 1. The highest BCUT2D eigenvalue weighted by Crippen LogP contribution is 2.15. The first-order chi connectivity index (χ1) is 30.1. The molecule has 62 heavy (non-hydrogen) atoms. The van der Waals surface area contributed by atoms with Crippen LogP contribution in [0.4, 0.5) is 0 Å².